The highest BCUT2D eigenvalue weighted by molar-refractivity contribution is 14.0. The van der Waals surface area contributed by atoms with Gasteiger partial charge < -0.3 is 10.2 Å². The maximum Gasteiger partial charge on any atom is 0.229 e. The number of likely N-dealkylation sites (tertiary alicyclic amines) is 2. The van der Waals surface area contributed by atoms with E-state index in [0.717, 1.165) is 32.0 Å². The van der Waals surface area contributed by atoms with Gasteiger partial charge in [-0.2, -0.15) is 0 Å². The quantitative estimate of drug-likeness (QED) is 0.316. The summed E-state index contributed by atoms with van der Waals surface area (Å²) in [5.41, 5.74) is 0.314. The van der Waals surface area contributed by atoms with Crippen molar-refractivity contribution >= 4 is 41.8 Å². The van der Waals surface area contributed by atoms with Crippen LogP contribution in [0.2, 0.25) is 0 Å². The topological polar surface area (TPSA) is 65.0 Å². The van der Waals surface area contributed by atoms with Crippen LogP contribution in [0.5, 0.6) is 0 Å². The molecule has 132 valence electrons. The molecule has 0 atom stereocenters. The van der Waals surface area contributed by atoms with Crippen LogP contribution >= 0.6 is 24.0 Å². The number of hydrogen-bond acceptors (Lipinski definition) is 3. The lowest BCUT2D eigenvalue weighted by Gasteiger charge is -2.26. The Kier molecular flexibility index (Phi) is 7.76. The Labute approximate surface area is 156 Å². The van der Waals surface area contributed by atoms with Crippen molar-refractivity contribution in [3.63, 3.8) is 0 Å². The van der Waals surface area contributed by atoms with Crippen molar-refractivity contribution in [1.29, 1.82) is 0 Å². The van der Waals surface area contributed by atoms with Gasteiger partial charge in [-0.1, -0.05) is 13.8 Å². The van der Waals surface area contributed by atoms with Crippen LogP contribution in [-0.4, -0.2) is 60.3 Å². The van der Waals surface area contributed by atoms with Gasteiger partial charge in [0.2, 0.25) is 11.8 Å². The lowest BCUT2D eigenvalue weighted by molar-refractivity contribution is -0.147. The highest BCUT2D eigenvalue weighted by Crippen LogP contribution is 2.28. The van der Waals surface area contributed by atoms with E-state index in [2.05, 4.69) is 36.0 Å². The summed E-state index contributed by atoms with van der Waals surface area (Å²) in [7, 11) is 0. The molecule has 0 spiro atoms. The zero-order valence-corrected chi connectivity index (χ0v) is 16.8. The number of guanidine groups is 1. The van der Waals surface area contributed by atoms with Crippen molar-refractivity contribution in [1.82, 2.24) is 15.1 Å². The first-order chi connectivity index (χ1) is 10.4. The van der Waals surface area contributed by atoms with Crippen molar-refractivity contribution in [3.8, 4) is 0 Å². The fourth-order valence-corrected chi connectivity index (χ4v) is 3.02. The van der Waals surface area contributed by atoms with Crippen molar-refractivity contribution in [3.05, 3.63) is 0 Å². The van der Waals surface area contributed by atoms with E-state index in [4.69, 9.17) is 0 Å². The van der Waals surface area contributed by atoms with Crippen molar-refractivity contribution < 1.29 is 9.59 Å². The lowest BCUT2D eigenvalue weighted by atomic mass is 9.93. The van der Waals surface area contributed by atoms with Crippen LogP contribution in [0, 0.1) is 5.41 Å². The van der Waals surface area contributed by atoms with Crippen LogP contribution in [0.3, 0.4) is 0 Å². The highest BCUT2D eigenvalue weighted by atomic mass is 127. The standard InChI is InChI=1S/C16H28N4O2.HI/c1-4-17-15(19-10-8-16(2,3)12-19)18-9-11-20-13(21)6-5-7-14(20)22;/h4-12H2,1-3H3,(H,17,18);1H. The van der Waals surface area contributed by atoms with Crippen LogP contribution in [-0.2, 0) is 9.59 Å². The highest BCUT2D eigenvalue weighted by Gasteiger charge is 2.31. The third-order valence-electron chi connectivity index (χ3n) is 4.28. The van der Waals surface area contributed by atoms with E-state index >= 15 is 0 Å². The van der Waals surface area contributed by atoms with Crippen LogP contribution in [0.4, 0.5) is 0 Å². The van der Waals surface area contributed by atoms with Gasteiger partial charge in [0.05, 0.1) is 6.54 Å². The molecule has 2 heterocycles. The van der Waals surface area contributed by atoms with Crippen molar-refractivity contribution in [2.75, 3.05) is 32.7 Å². The number of carbonyl (C=O) groups excluding carboxylic acids is 2. The van der Waals surface area contributed by atoms with Gasteiger partial charge in [0.1, 0.15) is 0 Å². The Morgan fingerprint density at radius 3 is 2.43 bits per heavy atom. The molecular weight excluding hydrogens is 407 g/mol. The second-order valence-electron chi connectivity index (χ2n) is 6.86. The van der Waals surface area contributed by atoms with Gasteiger partial charge in [-0.15, -0.1) is 24.0 Å². The predicted octanol–water partition coefficient (Wildman–Crippen LogP) is 1.84. The maximum atomic E-state index is 11.8. The van der Waals surface area contributed by atoms with Crippen LogP contribution in [0.25, 0.3) is 0 Å². The number of carbonyl (C=O) groups is 2. The summed E-state index contributed by atoms with van der Waals surface area (Å²) >= 11 is 0. The number of rotatable bonds is 4. The summed E-state index contributed by atoms with van der Waals surface area (Å²) in [6.45, 7) is 10.2. The van der Waals surface area contributed by atoms with Crippen molar-refractivity contribution in [2.45, 2.75) is 46.5 Å². The molecular formula is C16H29IN4O2. The van der Waals surface area contributed by atoms with Crippen LogP contribution in [0.15, 0.2) is 4.99 Å². The molecule has 23 heavy (non-hydrogen) atoms. The van der Waals surface area contributed by atoms with Crippen molar-refractivity contribution in [2.24, 2.45) is 10.4 Å². The van der Waals surface area contributed by atoms with Gasteiger partial charge in [0.15, 0.2) is 5.96 Å². The monoisotopic (exact) mass is 436 g/mol. The van der Waals surface area contributed by atoms with Gasteiger partial charge in [-0.3, -0.25) is 19.5 Å². The number of imide groups is 1. The van der Waals surface area contributed by atoms with E-state index in [-0.39, 0.29) is 35.8 Å². The minimum absolute atomic E-state index is 0. The average molecular weight is 436 g/mol. The van der Waals surface area contributed by atoms with E-state index < -0.39 is 0 Å². The summed E-state index contributed by atoms with van der Waals surface area (Å²) in [5.74, 6) is 0.780. The number of nitrogens with zero attached hydrogens (tertiary/aromatic N) is 3. The van der Waals surface area contributed by atoms with E-state index in [1.54, 1.807) is 0 Å². The van der Waals surface area contributed by atoms with Gasteiger partial charge >= 0.3 is 0 Å². The summed E-state index contributed by atoms with van der Waals surface area (Å²) in [5, 5.41) is 3.31. The Morgan fingerprint density at radius 2 is 1.91 bits per heavy atom. The fourth-order valence-electron chi connectivity index (χ4n) is 3.02. The summed E-state index contributed by atoms with van der Waals surface area (Å²) in [6.07, 6.45) is 2.80. The number of aliphatic imine (C=N–C) groups is 1. The molecule has 0 unspecified atom stereocenters. The molecule has 2 fully saturated rings. The molecule has 0 aromatic carbocycles. The lowest BCUT2D eigenvalue weighted by Crippen LogP contribution is -2.43. The Bertz CT molecular complexity index is 449. The second-order valence-corrected chi connectivity index (χ2v) is 6.86. The van der Waals surface area contributed by atoms with E-state index in [1.807, 2.05) is 0 Å². The molecule has 6 nitrogen and oxygen atoms in total. The van der Waals surface area contributed by atoms with Crippen LogP contribution < -0.4 is 5.32 Å². The van der Waals surface area contributed by atoms with Crippen LogP contribution in [0.1, 0.15) is 46.5 Å². The minimum Gasteiger partial charge on any atom is -0.357 e. The number of amides is 2. The number of piperidine rings is 1. The van der Waals surface area contributed by atoms with E-state index in [1.165, 1.54) is 4.90 Å². The Hall–Kier alpha value is -0.860. The molecule has 0 bridgehead atoms. The first-order valence-electron chi connectivity index (χ1n) is 8.29. The largest absolute Gasteiger partial charge is 0.357 e. The first-order valence-corrected chi connectivity index (χ1v) is 8.29. The minimum atomic E-state index is -0.0567. The number of halogens is 1. The average Bonchev–Trinajstić information content (AvgIpc) is 2.81. The fraction of sp³-hybridized carbons (Fsp3) is 0.812. The molecule has 0 aromatic rings. The maximum absolute atomic E-state index is 11.8. The van der Waals surface area contributed by atoms with Gasteiger partial charge in [-0.05, 0) is 25.2 Å². The number of hydrogen-bond donors (Lipinski definition) is 1. The van der Waals surface area contributed by atoms with Gasteiger partial charge in [-0.25, -0.2) is 0 Å². The summed E-state index contributed by atoms with van der Waals surface area (Å²) in [4.78, 5) is 31.8. The zero-order chi connectivity index (χ0) is 16.2. The normalized spacial score (nSPS) is 21.4. The molecule has 2 saturated heterocycles. The molecule has 0 radical (unpaired) electrons. The molecule has 0 saturated carbocycles. The molecule has 2 aliphatic heterocycles. The van der Waals surface area contributed by atoms with E-state index in [0.29, 0.717) is 37.8 Å². The summed E-state index contributed by atoms with van der Waals surface area (Å²) in [6, 6.07) is 0. The molecule has 0 aromatic heterocycles. The predicted molar refractivity (Wildman–Crippen MR) is 102 cm³/mol. The third-order valence-corrected chi connectivity index (χ3v) is 4.28. The zero-order valence-electron chi connectivity index (χ0n) is 14.4. The van der Waals surface area contributed by atoms with E-state index in [9.17, 15) is 9.59 Å². The Morgan fingerprint density at radius 1 is 1.26 bits per heavy atom. The molecule has 2 aliphatic rings. The second kappa shape index (κ2) is 8.84. The molecule has 1 N–H and O–H groups in total. The smallest absolute Gasteiger partial charge is 0.229 e. The molecule has 0 aliphatic carbocycles. The third kappa shape index (κ3) is 5.61. The first kappa shape index (κ1) is 20.2. The molecule has 2 rings (SSSR count). The Balaban J connectivity index is 0.00000264. The SMILES string of the molecule is CCNC(=NCCN1C(=O)CCCC1=O)N1CCC(C)(C)C1.I. The van der Waals surface area contributed by atoms with Gasteiger partial charge in [0, 0.05) is 39.0 Å². The molecule has 2 amide bonds. The number of nitrogens with one attached hydrogen (secondary N) is 1. The molecule has 7 heteroatoms. The van der Waals surface area contributed by atoms with Gasteiger partial charge in [0.25, 0.3) is 0 Å². The summed E-state index contributed by atoms with van der Waals surface area (Å²) < 4.78 is 0.